The summed E-state index contributed by atoms with van der Waals surface area (Å²) >= 11 is 0. The van der Waals surface area contributed by atoms with E-state index in [0.717, 1.165) is 5.69 Å². The molecule has 1 unspecified atom stereocenters. The molecule has 2 aromatic heterocycles. The van der Waals surface area contributed by atoms with Gasteiger partial charge in [-0.25, -0.2) is 9.67 Å². The van der Waals surface area contributed by atoms with Crippen LogP contribution in [0.5, 0.6) is 0 Å². The molecule has 1 atom stereocenters. The number of hydrogen-bond donors (Lipinski definition) is 2. The molecule has 0 radical (unpaired) electrons. The van der Waals surface area contributed by atoms with Crippen LogP contribution in [0, 0.1) is 5.92 Å². The van der Waals surface area contributed by atoms with Gasteiger partial charge in [-0.1, -0.05) is 19.9 Å². The van der Waals surface area contributed by atoms with E-state index in [1.54, 1.807) is 17.1 Å². The van der Waals surface area contributed by atoms with E-state index in [9.17, 15) is 4.79 Å². The van der Waals surface area contributed by atoms with Crippen LogP contribution in [0.3, 0.4) is 0 Å². The Labute approximate surface area is 148 Å². The Bertz CT molecular complexity index is 603. The van der Waals surface area contributed by atoms with Crippen molar-refractivity contribution in [2.45, 2.75) is 20.3 Å². The van der Waals surface area contributed by atoms with Crippen LogP contribution in [0.4, 0.5) is 0 Å². The van der Waals surface area contributed by atoms with Crippen molar-refractivity contribution in [2.24, 2.45) is 11.7 Å². The van der Waals surface area contributed by atoms with Crippen LogP contribution >= 0.6 is 24.8 Å². The molecule has 0 saturated heterocycles. The molecule has 0 saturated carbocycles. The normalized spacial score (nSPS) is 11.1. The molecule has 0 bridgehead atoms. The van der Waals surface area contributed by atoms with E-state index in [4.69, 9.17) is 5.73 Å². The summed E-state index contributed by atoms with van der Waals surface area (Å²) in [6.07, 6.45) is 4.00. The molecule has 3 N–H and O–H groups in total. The molecule has 0 aromatic carbocycles. The van der Waals surface area contributed by atoms with Crippen LogP contribution in [0.1, 0.15) is 29.9 Å². The van der Waals surface area contributed by atoms with Crippen molar-refractivity contribution in [3.05, 3.63) is 41.9 Å². The van der Waals surface area contributed by atoms with E-state index in [1.807, 2.05) is 32.0 Å². The second-order valence-electron chi connectivity index (χ2n) is 5.01. The molecule has 0 aliphatic carbocycles. The Balaban J connectivity index is 0.00000242. The third kappa shape index (κ3) is 5.20. The fourth-order valence-electron chi connectivity index (χ4n) is 2.03. The lowest BCUT2D eigenvalue weighted by Gasteiger charge is -2.10. The number of pyridine rings is 1. The third-order valence-corrected chi connectivity index (χ3v) is 3.33. The lowest BCUT2D eigenvalue weighted by atomic mass is 10.1. The maximum absolute atomic E-state index is 12.3. The second kappa shape index (κ2) is 10.2. The van der Waals surface area contributed by atoms with Crippen LogP contribution in [0.2, 0.25) is 0 Å². The Morgan fingerprint density at radius 1 is 1.39 bits per heavy atom. The zero-order valence-electron chi connectivity index (χ0n) is 13.2. The Kier molecular flexibility index (Phi) is 9.48. The highest BCUT2D eigenvalue weighted by Gasteiger charge is 2.17. The van der Waals surface area contributed by atoms with Crippen LogP contribution in [0.15, 0.2) is 30.6 Å². The van der Waals surface area contributed by atoms with Crippen LogP contribution < -0.4 is 11.1 Å². The van der Waals surface area contributed by atoms with Gasteiger partial charge < -0.3 is 11.1 Å². The average Bonchev–Trinajstić information content (AvgIpc) is 2.97. The highest BCUT2D eigenvalue weighted by atomic mass is 35.5. The standard InChI is InChI=1S/C15H21N5O.2ClH/c1-3-13-12(15(21)18-9-11(2)8-16)10-19-20(13)14-6-4-5-7-17-14;;/h4-7,10-11H,3,8-9,16H2,1-2H3,(H,18,21);2*1H. The summed E-state index contributed by atoms with van der Waals surface area (Å²) in [5, 5.41) is 7.19. The van der Waals surface area contributed by atoms with E-state index < -0.39 is 0 Å². The lowest BCUT2D eigenvalue weighted by Crippen LogP contribution is -2.31. The summed E-state index contributed by atoms with van der Waals surface area (Å²) in [7, 11) is 0. The van der Waals surface area contributed by atoms with Crippen molar-refractivity contribution in [1.82, 2.24) is 20.1 Å². The van der Waals surface area contributed by atoms with Gasteiger partial charge in [0.05, 0.1) is 17.5 Å². The smallest absolute Gasteiger partial charge is 0.254 e. The summed E-state index contributed by atoms with van der Waals surface area (Å²) in [6, 6.07) is 5.61. The van der Waals surface area contributed by atoms with Gasteiger partial charge in [-0.15, -0.1) is 24.8 Å². The van der Waals surface area contributed by atoms with Gasteiger partial charge in [0.2, 0.25) is 0 Å². The second-order valence-corrected chi connectivity index (χ2v) is 5.01. The van der Waals surface area contributed by atoms with Gasteiger partial charge in [0.15, 0.2) is 5.82 Å². The molecule has 8 heteroatoms. The van der Waals surface area contributed by atoms with Gasteiger partial charge in [0.1, 0.15) is 0 Å². The van der Waals surface area contributed by atoms with E-state index in [2.05, 4.69) is 15.4 Å². The zero-order chi connectivity index (χ0) is 15.2. The quantitative estimate of drug-likeness (QED) is 0.825. The van der Waals surface area contributed by atoms with Gasteiger partial charge in [-0.05, 0) is 31.0 Å². The zero-order valence-corrected chi connectivity index (χ0v) is 14.9. The molecule has 0 spiro atoms. The fraction of sp³-hybridized carbons (Fsp3) is 0.400. The van der Waals surface area contributed by atoms with E-state index in [0.29, 0.717) is 30.9 Å². The van der Waals surface area contributed by atoms with Crippen molar-refractivity contribution in [1.29, 1.82) is 0 Å². The number of amides is 1. The number of aromatic nitrogens is 3. The predicted octanol–water partition coefficient (Wildman–Crippen LogP) is 2.00. The molecular weight excluding hydrogens is 337 g/mol. The van der Waals surface area contributed by atoms with Crippen molar-refractivity contribution >= 4 is 30.7 Å². The third-order valence-electron chi connectivity index (χ3n) is 3.33. The average molecular weight is 360 g/mol. The van der Waals surface area contributed by atoms with E-state index in [1.165, 1.54) is 0 Å². The van der Waals surface area contributed by atoms with Gasteiger partial charge in [0, 0.05) is 12.7 Å². The Morgan fingerprint density at radius 3 is 2.70 bits per heavy atom. The Hall–Kier alpha value is -1.63. The minimum absolute atomic E-state index is 0. The lowest BCUT2D eigenvalue weighted by molar-refractivity contribution is 0.0947. The molecule has 1 amide bonds. The molecule has 0 aliphatic heterocycles. The van der Waals surface area contributed by atoms with Crippen molar-refractivity contribution in [3.63, 3.8) is 0 Å². The minimum atomic E-state index is -0.116. The summed E-state index contributed by atoms with van der Waals surface area (Å²) in [5.74, 6) is 0.850. The van der Waals surface area contributed by atoms with Gasteiger partial charge in [-0.3, -0.25) is 4.79 Å². The summed E-state index contributed by atoms with van der Waals surface area (Å²) in [4.78, 5) is 16.5. The highest BCUT2D eigenvalue weighted by molar-refractivity contribution is 5.95. The van der Waals surface area contributed by atoms with Gasteiger partial charge in [0.25, 0.3) is 5.91 Å². The van der Waals surface area contributed by atoms with Crippen LogP contribution in [0.25, 0.3) is 5.82 Å². The first kappa shape index (κ1) is 21.4. The number of nitrogens with one attached hydrogen (secondary N) is 1. The number of halogens is 2. The van der Waals surface area contributed by atoms with Crippen molar-refractivity contribution < 1.29 is 4.79 Å². The maximum Gasteiger partial charge on any atom is 0.254 e. The number of nitrogens with zero attached hydrogens (tertiary/aromatic N) is 3. The molecule has 2 heterocycles. The molecule has 23 heavy (non-hydrogen) atoms. The number of rotatable bonds is 6. The van der Waals surface area contributed by atoms with Gasteiger partial charge in [-0.2, -0.15) is 5.10 Å². The summed E-state index contributed by atoms with van der Waals surface area (Å²) in [5.41, 5.74) is 7.00. The van der Waals surface area contributed by atoms with Gasteiger partial charge >= 0.3 is 0 Å². The van der Waals surface area contributed by atoms with E-state index >= 15 is 0 Å². The highest BCUT2D eigenvalue weighted by Crippen LogP contribution is 2.14. The van der Waals surface area contributed by atoms with Crippen molar-refractivity contribution in [3.8, 4) is 5.82 Å². The maximum atomic E-state index is 12.3. The summed E-state index contributed by atoms with van der Waals surface area (Å²) in [6.45, 7) is 5.11. The first-order valence-corrected chi connectivity index (χ1v) is 7.14. The fourth-order valence-corrected chi connectivity index (χ4v) is 2.03. The minimum Gasteiger partial charge on any atom is -0.352 e. The first-order chi connectivity index (χ1) is 10.2. The Morgan fingerprint density at radius 2 is 2.13 bits per heavy atom. The summed E-state index contributed by atoms with van der Waals surface area (Å²) < 4.78 is 1.71. The molecular formula is C15H23Cl2N5O. The predicted molar refractivity (Wildman–Crippen MR) is 95.8 cm³/mol. The van der Waals surface area contributed by atoms with Crippen molar-refractivity contribution in [2.75, 3.05) is 13.1 Å². The number of carbonyl (C=O) groups is 1. The first-order valence-electron chi connectivity index (χ1n) is 7.14. The largest absolute Gasteiger partial charge is 0.352 e. The molecule has 2 rings (SSSR count). The van der Waals surface area contributed by atoms with Crippen LogP contribution in [-0.2, 0) is 6.42 Å². The molecule has 0 fully saturated rings. The molecule has 6 nitrogen and oxygen atoms in total. The molecule has 2 aromatic rings. The topological polar surface area (TPSA) is 85.8 Å². The molecule has 128 valence electrons. The number of nitrogens with two attached hydrogens (primary N) is 1. The monoisotopic (exact) mass is 359 g/mol. The van der Waals surface area contributed by atoms with E-state index in [-0.39, 0.29) is 36.6 Å². The van der Waals surface area contributed by atoms with Crippen LogP contribution in [-0.4, -0.2) is 33.8 Å². The SMILES string of the molecule is CCc1c(C(=O)NCC(C)CN)cnn1-c1ccccn1.Cl.Cl. The number of hydrogen-bond acceptors (Lipinski definition) is 4. The molecule has 0 aliphatic rings. The number of carbonyl (C=O) groups excluding carboxylic acids is 1.